The highest BCUT2D eigenvalue weighted by atomic mass is 15.1. The zero-order chi connectivity index (χ0) is 9.26. The van der Waals surface area contributed by atoms with Crippen molar-refractivity contribution < 1.29 is 0 Å². The summed E-state index contributed by atoms with van der Waals surface area (Å²) in [5, 5.41) is 0. The van der Waals surface area contributed by atoms with Gasteiger partial charge < -0.3 is 4.57 Å². The van der Waals surface area contributed by atoms with E-state index >= 15 is 0 Å². The van der Waals surface area contributed by atoms with Gasteiger partial charge in [0.05, 0.1) is 11.0 Å². The highest BCUT2D eigenvalue weighted by molar-refractivity contribution is 5.78. The largest absolute Gasteiger partial charge is 0.304 e. The zero-order valence-corrected chi connectivity index (χ0v) is 7.86. The fourth-order valence-electron chi connectivity index (χ4n) is 1.50. The first-order valence-electron chi connectivity index (χ1n) is 4.39. The Bertz CT molecular complexity index is 452. The fourth-order valence-corrected chi connectivity index (χ4v) is 1.50. The second-order valence-corrected chi connectivity index (χ2v) is 3.00. The summed E-state index contributed by atoms with van der Waals surface area (Å²) < 4.78 is 2.09. The Morgan fingerprint density at radius 1 is 1.31 bits per heavy atom. The van der Waals surface area contributed by atoms with Crippen LogP contribution in [-0.2, 0) is 0 Å². The number of hydrogen-bond donors (Lipinski definition) is 0. The van der Waals surface area contributed by atoms with Gasteiger partial charge in [0.2, 0.25) is 0 Å². The van der Waals surface area contributed by atoms with Crippen LogP contribution in [0.3, 0.4) is 0 Å². The molecule has 0 amide bonds. The number of aryl methyl sites for hydroxylation is 1. The van der Waals surface area contributed by atoms with Crippen molar-refractivity contribution in [3.8, 4) is 0 Å². The molecule has 2 heteroatoms. The van der Waals surface area contributed by atoms with Crippen molar-refractivity contribution in [1.29, 1.82) is 0 Å². The lowest BCUT2D eigenvalue weighted by Gasteiger charge is -1.96. The van der Waals surface area contributed by atoms with Gasteiger partial charge in [0.25, 0.3) is 0 Å². The van der Waals surface area contributed by atoms with Gasteiger partial charge in [-0.3, -0.25) is 0 Å². The number of hydrogen-bond acceptors (Lipinski definition) is 1. The first-order valence-corrected chi connectivity index (χ1v) is 4.39. The van der Waals surface area contributed by atoms with Gasteiger partial charge in [0, 0.05) is 6.20 Å². The summed E-state index contributed by atoms with van der Waals surface area (Å²) in [6, 6.07) is 8.15. The van der Waals surface area contributed by atoms with E-state index in [2.05, 4.69) is 15.6 Å². The Morgan fingerprint density at radius 3 is 2.85 bits per heavy atom. The molecule has 2 aromatic rings. The molecule has 66 valence electrons. The Hall–Kier alpha value is -1.57. The average molecular weight is 172 g/mol. The molecular formula is C11H12N2. The van der Waals surface area contributed by atoms with Crippen molar-refractivity contribution in [1.82, 2.24) is 9.55 Å². The maximum absolute atomic E-state index is 4.44. The molecule has 0 radical (unpaired) electrons. The van der Waals surface area contributed by atoms with E-state index in [-0.39, 0.29) is 0 Å². The molecule has 13 heavy (non-hydrogen) atoms. The first-order chi connectivity index (χ1) is 6.33. The lowest BCUT2D eigenvalue weighted by Crippen LogP contribution is -1.88. The zero-order valence-electron chi connectivity index (χ0n) is 7.86. The van der Waals surface area contributed by atoms with Gasteiger partial charge in [-0.1, -0.05) is 18.2 Å². The van der Waals surface area contributed by atoms with E-state index < -0.39 is 0 Å². The van der Waals surface area contributed by atoms with Crippen molar-refractivity contribution in [3.63, 3.8) is 0 Å². The minimum Gasteiger partial charge on any atom is -0.304 e. The van der Waals surface area contributed by atoms with Crippen molar-refractivity contribution in [2.75, 3.05) is 0 Å². The number of para-hydroxylation sites is 2. The maximum Gasteiger partial charge on any atom is 0.110 e. The lowest BCUT2D eigenvalue weighted by atomic mass is 10.3. The highest BCUT2D eigenvalue weighted by Gasteiger charge is 2.02. The molecule has 0 unspecified atom stereocenters. The van der Waals surface area contributed by atoms with Crippen LogP contribution in [0.1, 0.15) is 12.7 Å². The van der Waals surface area contributed by atoms with E-state index in [0.29, 0.717) is 0 Å². The van der Waals surface area contributed by atoms with Crippen LogP contribution in [-0.4, -0.2) is 9.55 Å². The minimum absolute atomic E-state index is 1.03. The number of rotatable bonds is 1. The predicted molar refractivity (Wildman–Crippen MR) is 55.5 cm³/mol. The lowest BCUT2D eigenvalue weighted by molar-refractivity contribution is 1.05. The van der Waals surface area contributed by atoms with Gasteiger partial charge in [-0.25, -0.2) is 4.98 Å². The first kappa shape index (κ1) is 8.05. The average Bonchev–Trinajstić information content (AvgIpc) is 2.44. The third-order valence-corrected chi connectivity index (χ3v) is 2.07. The summed E-state index contributed by atoms with van der Waals surface area (Å²) in [5.41, 5.74) is 2.22. The number of allylic oxidation sites excluding steroid dienone is 1. The number of fused-ring (bicyclic) bond motifs is 1. The molecule has 0 fully saturated rings. The van der Waals surface area contributed by atoms with Gasteiger partial charge in [-0.15, -0.1) is 0 Å². The van der Waals surface area contributed by atoms with Crippen LogP contribution >= 0.6 is 0 Å². The molecule has 1 aromatic carbocycles. The molecule has 2 rings (SSSR count). The second-order valence-electron chi connectivity index (χ2n) is 3.00. The van der Waals surface area contributed by atoms with E-state index in [4.69, 9.17) is 0 Å². The van der Waals surface area contributed by atoms with Gasteiger partial charge in [0.1, 0.15) is 5.82 Å². The minimum atomic E-state index is 1.03. The molecule has 1 heterocycles. The summed E-state index contributed by atoms with van der Waals surface area (Å²) in [6.45, 7) is 4.02. The summed E-state index contributed by atoms with van der Waals surface area (Å²) in [5.74, 6) is 1.03. The Kier molecular flexibility index (Phi) is 1.89. The van der Waals surface area contributed by atoms with Gasteiger partial charge >= 0.3 is 0 Å². The Morgan fingerprint density at radius 2 is 2.08 bits per heavy atom. The van der Waals surface area contributed by atoms with Crippen LogP contribution < -0.4 is 0 Å². The van der Waals surface area contributed by atoms with Gasteiger partial charge in [-0.2, -0.15) is 0 Å². The summed E-state index contributed by atoms with van der Waals surface area (Å²) >= 11 is 0. The van der Waals surface area contributed by atoms with Gasteiger partial charge in [0.15, 0.2) is 0 Å². The Balaban J connectivity index is 2.78. The van der Waals surface area contributed by atoms with Crippen LogP contribution in [0.4, 0.5) is 0 Å². The summed E-state index contributed by atoms with van der Waals surface area (Å²) in [4.78, 5) is 4.44. The molecule has 0 N–H and O–H groups in total. The summed E-state index contributed by atoms with van der Waals surface area (Å²) in [7, 11) is 0. The molecule has 0 atom stereocenters. The number of benzene rings is 1. The predicted octanol–water partition coefficient (Wildman–Crippen LogP) is 2.84. The molecule has 1 aromatic heterocycles. The van der Waals surface area contributed by atoms with E-state index in [0.717, 1.165) is 16.9 Å². The monoisotopic (exact) mass is 172 g/mol. The van der Waals surface area contributed by atoms with Crippen molar-refractivity contribution in [2.24, 2.45) is 0 Å². The quantitative estimate of drug-likeness (QED) is 0.646. The fraction of sp³-hybridized carbons (Fsp3) is 0.182. The van der Waals surface area contributed by atoms with E-state index in [1.54, 1.807) is 0 Å². The van der Waals surface area contributed by atoms with Crippen LogP contribution in [0.5, 0.6) is 0 Å². The maximum atomic E-state index is 4.44. The van der Waals surface area contributed by atoms with E-state index in [1.165, 1.54) is 0 Å². The van der Waals surface area contributed by atoms with Crippen molar-refractivity contribution >= 4 is 17.2 Å². The highest BCUT2D eigenvalue weighted by Crippen LogP contribution is 2.15. The van der Waals surface area contributed by atoms with E-state index in [1.807, 2.05) is 44.3 Å². The molecule has 0 aliphatic carbocycles. The summed E-state index contributed by atoms with van der Waals surface area (Å²) in [6.07, 6.45) is 4.05. The van der Waals surface area contributed by atoms with Gasteiger partial charge in [-0.05, 0) is 26.0 Å². The molecule has 0 aliphatic heterocycles. The Labute approximate surface area is 77.5 Å². The number of nitrogens with zero attached hydrogens (tertiary/aromatic N) is 2. The second kappa shape index (κ2) is 3.05. The number of imidazole rings is 1. The standard InChI is InChI=1S/C11H12N2/c1-3-8-13-9(2)12-10-6-4-5-7-11(10)13/h3-8H,1-2H3. The molecule has 0 aliphatic rings. The molecule has 0 spiro atoms. The number of aromatic nitrogens is 2. The molecule has 2 nitrogen and oxygen atoms in total. The topological polar surface area (TPSA) is 17.8 Å². The molecule has 0 saturated heterocycles. The smallest absolute Gasteiger partial charge is 0.110 e. The van der Waals surface area contributed by atoms with E-state index in [9.17, 15) is 0 Å². The molecule has 0 bridgehead atoms. The van der Waals surface area contributed by atoms with Crippen LogP contribution in [0.25, 0.3) is 17.2 Å². The van der Waals surface area contributed by atoms with Crippen LogP contribution in [0, 0.1) is 6.92 Å². The third-order valence-electron chi connectivity index (χ3n) is 2.07. The third kappa shape index (κ3) is 1.24. The van der Waals surface area contributed by atoms with Crippen molar-refractivity contribution in [3.05, 3.63) is 36.2 Å². The van der Waals surface area contributed by atoms with Crippen LogP contribution in [0.15, 0.2) is 30.3 Å². The SMILES string of the molecule is CC=Cn1c(C)nc2ccccc21. The molecule has 0 saturated carbocycles. The normalized spacial score (nSPS) is 11.5. The van der Waals surface area contributed by atoms with Crippen molar-refractivity contribution in [2.45, 2.75) is 13.8 Å². The van der Waals surface area contributed by atoms with Crippen LogP contribution in [0.2, 0.25) is 0 Å². The molecular weight excluding hydrogens is 160 g/mol.